The van der Waals surface area contributed by atoms with E-state index in [0.29, 0.717) is 0 Å². The summed E-state index contributed by atoms with van der Waals surface area (Å²) in [7, 11) is 1.42. The zero-order chi connectivity index (χ0) is 17.7. The summed E-state index contributed by atoms with van der Waals surface area (Å²) in [6.07, 6.45) is -0.255. The number of anilines is 1. The molecule has 2 aromatic carbocycles. The van der Waals surface area contributed by atoms with Crippen LogP contribution in [0.2, 0.25) is 5.02 Å². The molecule has 2 amide bonds. The van der Waals surface area contributed by atoms with Crippen LogP contribution in [0.25, 0.3) is 0 Å². The molecule has 0 saturated carbocycles. The molecule has 0 bridgehead atoms. The Bertz CT molecular complexity index is 748. The molecule has 0 unspecified atom stereocenters. The van der Waals surface area contributed by atoms with Crippen molar-refractivity contribution in [2.45, 2.75) is 6.42 Å². The molecule has 0 radical (unpaired) electrons. The molecular weight excluding hydrogens is 338 g/mol. The van der Waals surface area contributed by atoms with Gasteiger partial charge in [0.25, 0.3) is 0 Å². The standard InChI is InChI=1S/C17H15ClF2N2O2/c1-22(10-16(23)21-12-5-2-4-11(19)8-12)17(24)9-13-14(18)6-3-7-15(13)20/h2-8H,9-10H2,1H3,(H,21,23). The molecule has 0 aliphatic rings. The first-order valence-electron chi connectivity index (χ1n) is 7.09. The Morgan fingerprint density at radius 2 is 1.88 bits per heavy atom. The average Bonchev–Trinajstić information content (AvgIpc) is 2.50. The quantitative estimate of drug-likeness (QED) is 0.898. The lowest BCUT2D eigenvalue weighted by Gasteiger charge is -2.17. The lowest BCUT2D eigenvalue weighted by atomic mass is 10.1. The summed E-state index contributed by atoms with van der Waals surface area (Å²) < 4.78 is 26.8. The molecule has 7 heteroatoms. The van der Waals surface area contributed by atoms with Gasteiger partial charge in [0.05, 0.1) is 13.0 Å². The Balaban J connectivity index is 1.95. The Kier molecular flexibility index (Phi) is 5.87. The number of amides is 2. The molecule has 0 spiro atoms. The third-order valence-electron chi connectivity index (χ3n) is 3.30. The monoisotopic (exact) mass is 352 g/mol. The maximum Gasteiger partial charge on any atom is 0.243 e. The van der Waals surface area contributed by atoms with E-state index in [-0.39, 0.29) is 29.2 Å². The molecule has 0 saturated heterocycles. The normalized spacial score (nSPS) is 10.3. The number of benzene rings is 2. The van der Waals surface area contributed by atoms with Gasteiger partial charge in [0.1, 0.15) is 11.6 Å². The Morgan fingerprint density at radius 3 is 2.54 bits per heavy atom. The third kappa shape index (κ3) is 4.76. The van der Waals surface area contributed by atoms with E-state index in [2.05, 4.69) is 5.32 Å². The van der Waals surface area contributed by atoms with Crippen LogP contribution in [0.3, 0.4) is 0 Å². The fraction of sp³-hybridized carbons (Fsp3) is 0.176. The van der Waals surface area contributed by atoms with Crippen molar-refractivity contribution in [1.29, 1.82) is 0 Å². The van der Waals surface area contributed by atoms with E-state index >= 15 is 0 Å². The lowest BCUT2D eigenvalue weighted by molar-refractivity contribution is -0.132. The van der Waals surface area contributed by atoms with Gasteiger partial charge in [-0.05, 0) is 30.3 Å². The predicted octanol–water partition coefficient (Wildman–Crippen LogP) is 3.26. The summed E-state index contributed by atoms with van der Waals surface area (Å²) >= 11 is 5.88. The summed E-state index contributed by atoms with van der Waals surface area (Å²) in [5.41, 5.74) is 0.375. The van der Waals surface area contributed by atoms with Gasteiger partial charge in [0, 0.05) is 23.3 Å². The average molecular weight is 353 g/mol. The van der Waals surface area contributed by atoms with Crippen molar-refractivity contribution in [3.05, 3.63) is 64.7 Å². The van der Waals surface area contributed by atoms with E-state index in [1.807, 2.05) is 0 Å². The number of carbonyl (C=O) groups is 2. The molecule has 24 heavy (non-hydrogen) atoms. The molecule has 0 heterocycles. The van der Waals surface area contributed by atoms with Gasteiger partial charge >= 0.3 is 0 Å². The SMILES string of the molecule is CN(CC(=O)Nc1cccc(F)c1)C(=O)Cc1c(F)cccc1Cl. The minimum Gasteiger partial charge on any atom is -0.336 e. The predicted molar refractivity (Wildman–Crippen MR) is 87.8 cm³/mol. The number of hydrogen-bond acceptors (Lipinski definition) is 2. The van der Waals surface area contributed by atoms with Crippen LogP contribution in [0.15, 0.2) is 42.5 Å². The van der Waals surface area contributed by atoms with Gasteiger partial charge in [-0.25, -0.2) is 8.78 Å². The van der Waals surface area contributed by atoms with Crippen molar-refractivity contribution in [2.75, 3.05) is 18.9 Å². The molecule has 2 rings (SSSR count). The van der Waals surface area contributed by atoms with Crippen LogP contribution < -0.4 is 5.32 Å². The van der Waals surface area contributed by atoms with Crippen LogP contribution in [0.5, 0.6) is 0 Å². The number of halogens is 3. The van der Waals surface area contributed by atoms with Crippen molar-refractivity contribution >= 4 is 29.1 Å². The number of carbonyl (C=O) groups excluding carboxylic acids is 2. The molecule has 0 aliphatic carbocycles. The van der Waals surface area contributed by atoms with Crippen LogP contribution in [-0.4, -0.2) is 30.3 Å². The molecule has 0 aromatic heterocycles. The van der Waals surface area contributed by atoms with Gasteiger partial charge in [0.2, 0.25) is 11.8 Å². The minimum absolute atomic E-state index is 0.0848. The second-order valence-corrected chi connectivity index (χ2v) is 5.59. The van der Waals surface area contributed by atoms with Crippen LogP contribution in [-0.2, 0) is 16.0 Å². The van der Waals surface area contributed by atoms with E-state index in [9.17, 15) is 18.4 Å². The number of rotatable bonds is 5. The van der Waals surface area contributed by atoms with Crippen LogP contribution >= 0.6 is 11.6 Å². The van der Waals surface area contributed by atoms with Crippen LogP contribution in [0.1, 0.15) is 5.56 Å². The van der Waals surface area contributed by atoms with Crippen molar-refractivity contribution in [3.8, 4) is 0 Å². The number of nitrogens with zero attached hydrogens (tertiary/aromatic N) is 1. The maximum atomic E-state index is 13.7. The Hall–Kier alpha value is -2.47. The highest BCUT2D eigenvalue weighted by atomic mass is 35.5. The van der Waals surface area contributed by atoms with E-state index < -0.39 is 23.4 Å². The van der Waals surface area contributed by atoms with E-state index in [1.54, 1.807) is 0 Å². The van der Waals surface area contributed by atoms with Crippen LogP contribution in [0.4, 0.5) is 14.5 Å². The van der Waals surface area contributed by atoms with Gasteiger partial charge in [0.15, 0.2) is 0 Å². The maximum absolute atomic E-state index is 13.7. The molecule has 1 N–H and O–H groups in total. The zero-order valence-electron chi connectivity index (χ0n) is 12.9. The van der Waals surface area contributed by atoms with E-state index in [1.165, 1.54) is 49.5 Å². The van der Waals surface area contributed by atoms with Gasteiger partial charge in [-0.3, -0.25) is 9.59 Å². The van der Waals surface area contributed by atoms with Crippen molar-refractivity contribution in [1.82, 2.24) is 4.90 Å². The third-order valence-corrected chi connectivity index (χ3v) is 3.66. The second kappa shape index (κ2) is 7.88. The Morgan fingerprint density at radius 1 is 1.17 bits per heavy atom. The molecule has 2 aromatic rings. The molecule has 126 valence electrons. The van der Waals surface area contributed by atoms with Crippen LogP contribution in [0, 0.1) is 11.6 Å². The molecular formula is C17H15ClF2N2O2. The van der Waals surface area contributed by atoms with Gasteiger partial charge in [-0.15, -0.1) is 0 Å². The second-order valence-electron chi connectivity index (χ2n) is 5.19. The van der Waals surface area contributed by atoms with Gasteiger partial charge in [-0.1, -0.05) is 23.7 Å². The van der Waals surface area contributed by atoms with E-state index in [4.69, 9.17) is 11.6 Å². The molecule has 4 nitrogen and oxygen atoms in total. The zero-order valence-corrected chi connectivity index (χ0v) is 13.6. The summed E-state index contributed by atoms with van der Waals surface area (Å²) in [5, 5.41) is 2.64. The summed E-state index contributed by atoms with van der Waals surface area (Å²) in [6, 6.07) is 9.56. The lowest BCUT2D eigenvalue weighted by Crippen LogP contribution is -2.36. The smallest absolute Gasteiger partial charge is 0.243 e. The number of hydrogen-bond donors (Lipinski definition) is 1. The summed E-state index contributed by atoms with van der Waals surface area (Å²) in [4.78, 5) is 25.2. The van der Waals surface area contributed by atoms with Gasteiger partial charge < -0.3 is 10.2 Å². The highest BCUT2D eigenvalue weighted by molar-refractivity contribution is 6.31. The first kappa shape index (κ1) is 17.9. The largest absolute Gasteiger partial charge is 0.336 e. The minimum atomic E-state index is -0.575. The Labute approximate surface area is 143 Å². The van der Waals surface area contributed by atoms with E-state index in [0.717, 1.165) is 4.90 Å². The molecule has 0 aliphatic heterocycles. The first-order chi connectivity index (χ1) is 11.4. The number of nitrogens with one attached hydrogen (secondary N) is 1. The fourth-order valence-corrected chi connectivity index (χ4v) is 2.29. The molecule has 0 atom stereocenters. The fourth-order valence-electron chi connectivity index (χ4n) is 2.06. The highest BCUT2D eigenvalue weighted by Gasteiger charge is 2.17. The number of likely N-dealkylation sites (N-methyl/N-ethyl adjacent to an activating group) is 1. The topological polar surface area (TPSA) is 49.4 Å². The van der Waals surface area contributed by atoms with Crippen molar-refractivity contribution in [3.63, 3.8) is 0 Å². The van der Waals surface area contributed by atoms with Gasteiger partial charge in [-0.2, -0.15) is 0 Å². The first-order valence-corrected chi connectivity index (χ1v) is 7.47. The van der Waals surface area contributed by atoms with Crippen molar-refractivity contribution < 1.29 is 18.4 Å². The summed E-state index contributed by atoms with van der Waals surface area (Å²) in [6.45, 7) is -0.249. The molecule has 0 fully saturated rings. The summed E-state index contributed by atoms with van der Waals surface area (Å²) in [5.74, 6) is -2.01. The highest BCUT2D eigenvalue weighted by Crippen LogP contribution is 2.20. The van der Waals surface area contributed by atoms with Crippen molar-refractivity contribution in [2.24, 2.45) is 0 Å².